The number of methoxy groups -OCH3 is 1. The third-order valence-corrected chi connectivity index (χ3v) is 2.85. The van der Waals surface area contributed by atoms with Gasteiger partial charge in [-0.15, -0.1) is 0 Å². The molecule has 0 aliphatic carbocycles. The van der Waals surface area contributed by atoms with Gasteiger partial charge in [-0.3, -0.25) is 4.79 Å². The van der Waals surface area contributed by atoms with Crippen LogP contribution in [-0.4, -0.2) is 55.6 Å². The van der Waals surface area contributed by atoms with E-state index in [0.29, 0.717) is 5.92 Å². The highest BCUT2D eigenvalue weighted by molar-refractivity contribution is 5.80. The van der Waals surface area contributed by atoms with Crippen LogP contribution in [0, 0.1) is 5.92 Å². The van der Waals surface area contributed by atoms with Gasteiger partial charge in [-0.2, -0.15) is 0 Å². The maximum atomic E-state index is 11.9. The van der Waals surface area contributed by atoms with Crippen molar-refractivity contribution in [3.8, 4) is 0 Å². The molecule has 1 saturated heterocycles. The van der Waals surface area contributed by atoms with Crippen LogP contribution in [0.3, 0.4) is 0 Å². The van der Waals surface area contributed by atoms with Crippen LogP contribution >= 0.6 is 0 Å². The topological polar surface area (TPSA) is 49.9 Å². The van der Waals surface area contributed by atoms with Crippen LogP contribution < -0.4 is 0 Å². The van der Waals surface area contributed by atoms with Crippen LogP contribution in [0.15, 0.2) is 0 Å². The molecule has 1 fully saturated rings. The third kappa shape index (κ3) is 3.40. The Labute approximate surface area is 96.3 Å². The van der Waals surface area contributed by atoms with Crippen molar-refractivity contribution in [2.24, 2.45) is 5.92 Å². The predicted molar refractivity (Wildman–Crippen MR) is 60.0 cm³/mol. The number of rotatable bonds is 2. The van der Waals surface area contributed by atoms with Gasteiger partial charge in [0.05, 0.1) is 7.11 Å². The van der Waals surface area contributed by atoms with Gasteiger partial charge in [0.15, 0.2) is 0 Å². The number of hydrogen-bond donors (Lipinski definition) is 0. The van der Waals surface area contributed by atoms with Crippen molar-refractivity contribution in [1.82, 2.24) is 9.80 Å². The summed E-state index contributed by atoms with van der Waals surface area (Å²) in [5.74, 6) is 0.158. The Hall–Kier alpha value is -1.26. The summed E-state index contributed by atoms with van der Waals surface area (Å²) in [6, 6.07) is -0.0862. The van der Waals surface area contributed by atoms with Crippen molar-refractivity contribution in [2.75, 3.05) is 33.8 Å². The first kappa shape index (κ1) is 12.8. The van der Waals surface area contributed by atoms with E-state index in [4.69, 9.17) is 0 Å². The average molecular weight is 228 g/mol. The number of hydrogen-bond acceptors (Lipinski definition) is 3. The number of likely N-dealkylation sites (tertiary alicyclic amines) is 1. The van der Waals surface area contributed by atoms with Gasteiger partial charge in [0, 0.05) is 20.1 Å². The molecular weight excluding hydrogens is 208 g/mol. The van der Waals surface area contributed by atoms with E-state index in [2.05, 4.69) is 11.7 Å². The minimum absolute atomic E-state index is 0.0141. The Balaban J connectivity index is 2.46. The first-order valence-corrected chi connectivity index (χ1v) is 5.61. The first-order valence-electron chi connectivity index (χ1n) is 5.61. The Morgan fingerprint density at radius 3 is 2.75 bits per heavy atom. The van der Waals surface area contributed by atoms with Gasteiger partial charge < -0.3 is 14.5 Å². The Morgan fingerprint density at radius 1 is 1.50 bits per heavy atom. The molecule has 2 amide bonds. The zero-order chi connectivity index (χ0) is 12.1. The second kappa shape index (κ2) is 5.72. The molecule has 92 valence electrons. The van der Waals surface area contributed by atoms with Gasteiger partial charge in [-0.05, 0) is 18.8 Å². The minimum Gasteiger partial charge on any atom is -0.468 e. The highest BCUT2D eigenvalue weighted by Gasteiger charge is 2.24. The third-order valence-electron chi connectivity index (χ3n) is 2.85. The molecule has 1 heterocycles. The molecule has 0 aromatic rings. The van der Waals surface area contributed by atoms with Crippen LogP contribution in [0.2, 0.25) is 0 Å². The smallest absolute Gasteiger partial charge is 0.325 e. The SMILES string of the molecule is COC(=O)CN(C)C(=O)N1CCCC(C)C1. The highest BCUT2D eigenvalue weighted by Crippen LogP contribution is 2.16. The molecule has 1 rings (SSSR count). The molecule has 0 spiro atoms. The number of carbonyl (C=O) groups is 2. The summed E-state index contributed by atoms with van der Waals surface area (Å²) in [5.41, 5.74) is 0. The number of amides is 2. The van der Waals surface area contributed by atoms with Crippen LogP contribution in [0.25, 0.3) is 0 Å². The van der Waals surface area contributed by atoms with E-state index in [0.717, 1.165) is 19.5 Å². The number of nitrogens with zero attached hydrogens (tertiary/aromatic N) is 2. The molecule has 16 heavy (non-hydrogen) atoms. The summed E-state index contributed by atoms with van der Waals surface area (Å²) in [7, 11) is 2.95. The van der Waals surface area contributed by atoms with Gasteiger partial charge in [-0.25, -0.2) is 4.79 Å². The standard InChI is InChI=1S/C11H20N2O3/c1-9-5-4-6-13(7-9)11(15)12(2)8-10(14)16-3/h9H,4-8H2,1-3H3. The van der Waals surface area contributed by atoms with Crippen LogP contribution in [0.1, 0.15) is 19.8 Å². The average Bonchev–Trinajstić information content (AvgIpc) is 2.27. The summed E-state index contributed by atoms with van der Waals surface area (Å²) in [6.45, 7) is 3.72. The van der Waals surface area contributed by atoms with E-state index in [-0.39, 0.29) is 18.5 Å². The fourth-order valence-electron chi connectivity index (χ4n) is 1.93. The van der Waals surface area contributed by atoms with E-state index in [1.165, 1.54) is 18.4 Å². The molecule has 0 saturated carbocycles. The van der Waals surface area contributed by atoms with Gasteiger partial charge in [0.1, 0.15) is 6.54 Å². The normalized spacial score (nSPS) is 20.4. The molecule has 0 bridgehead atoms. The zero-order valence-electron chi connectivity index (χ0n) is 10.2. The lowest BCUT2D eigenvalue weighted by Crippen LogP contribution is -2.47. The van der Waals surface area contributed by atoms with Crippen molar-refractivity contribution in [1.29, 1.82) is 0 Å². The van der Waals surface area contributed by atoms with E-state index in [1.54, 1.807) is 11.9 Å². The quantitative estimate of drug-likeness (QED) is 0.661. The lowest BCUT2D eigenvalue weighted by molar-refractivity contribution is -0.141. The molecule has 1 atom stereocenters. The fourth-order valence-corrected chi connectivity index (χ4v) is 1.93. The molecule has 1 aliphatic rings. The van der Waals surface area contributed by atoms with Gasteiger partial charge >= 0.3 is 12.0 Å². The molecule has 0 N–H and O–H groups in total. The predicted octanol–water partition coefficient (Wildman–Crippen LogP) is 0.943. The summed E-state index contributed by atoms with van der Waals surface area (Å²) in [6.07, 6.45) is 2.21. The Morgan fingerprint density at radius 2 is 2.19 bits per heavy atom. The molecule has 1 unspecified atom stereocenters. The number of ether oxygens (including phenoxy) is 1. The number of piperidine rings is 1. The summed E-state index contributed by atoms with van der Waals surface area (Å²) in [4.78, 5) is 26.2. The second-order valence-electron chi connectivity index (χ2n) is 4.41. The molecular formula is C11H20N2O3. The molecule has 5 heteroatoms. The van der Waals surface area contributed by atoms with Gasteiger partial charge in [-0.1, -0.05) is 6.92 Å². The zero-order valence-corrected chi connectivity index (χ0v) is 10.2. The number of carbonyl (C=O) groups excluding carboxylic acids is 2. The summed E-state index contributed by atoms with van der Waals surface area (Å²) >= 11 is 0. The van der Waals surface area contributed by atoms with E-state index < -0.39 is 0 Å². The number of esters is 1. The van der Waals surface area contributed by atoms with E-state index in [9.17, 15) is 9.59 Å². The van der Waals surface area contributed by atoms with Crippen molar-refractivity contribution < 1.29 is 14.3 Å². The highest BCUT2D eigenvalue weighted by atomic mass is 16.5. The van der Waals surface area contributed by atoms with Crippen LogP contribution in [0.5, 0.6) is 0 Å². The summed E-state index contributed by atoms with van der Waals surface area (Å²) < 4.78 is 4.53. The Kier molecular flexibility index (Phi) is 4.58. The Bertz CT molecular complexity index is 268. The van der Waals surface area contributed by atoms with E-state index in [1.807, 2.05) is 0 Å². The molecule has 5 nitrogen and oxygen atoms in total. The van der Waals surface area contributed by atoms with Crippen molar-refractivity contribution in [3.63, 3.8) is 0 Å². The van der Waals surface area contributed by atoms with Crippen LogP contribution in [0.4, 0.5) is 4.79 Å². The maximum absolute atomic E-state index is 11.9. The minimum atomic E-state index is -0.388. The lowest BCUT2D eigenvalue weighted by atomic mass is 10.0. The van der Waals surface area contributed by atoms with Gasteiger partial charge in [0.2, 0.25) is 0 Å². The summed E-state index contributed by atoms with van der Waals surface area (Å²) in [5, 5.41) is 0. The van der Waals surface area contributed by atoms with Crippen molar-refractivity contribution in [3.05, 3.63) is 0 Å². The van der Waals surface area contributed by atoms with Crippen molar-refractivity contribution >= 4 is 12.0 Å². The number of urea groups is 1. The van der Waals surface area contributed by atoms with Crippen LogP contribution in [-0.2, 0) is 9.53 Å². The molecule has 0 aromatic carbocycles. The molecule has 0 radical (unpaired) electrons. The molecule has 1 aliphatic heterocycles. The second-order valence-corrected chi connectivity index (χ2v) is 4.41. The van der Waals surface area contributed by atoms with E-state index >= 15 is 0 Å². The first-order chi connectivity index (χ1) is 7.54. The lowest BCUT2D eigenvalue weighted by Gasteiger charge is -2.33. The van der Waals surface area contributed by atoms with Gasteiger partial charge in [0.25, 0.3) is 0 Å². The molecule has 0 aromatic heterocycles. The number of likely N-dealkylation sites (N-methyl/N-ethyl adjacent to an activating group) is 1. The maximum Gasteiger partial charge on any atom is 0.325 e. The largest absolute Gasteiger partial charge is 0.468 e. The fraction of sp³-hybridized carbons (Fsp3) is 0.818. The van der Waals surface area contributed by atoms with Crippen molar-refractivity contribution in [2.45, 2.75) is 19.8 Å². The monoisotopic (exact) mass is 228 g/mol.